The molecule has 0 aromatic carbocycles. The topological polar surface area (TPSA) is 254 Å². The summed E-state index contributed by atoms with van der Waals surface area (Å²) in [4.78, 5) is 11.2. The molecule has 0 aromatic rings. The van der Waals surface area contributed by atoms with Crippen LogP contribution in [0.25, 0.3) is 0 Å². The number of nitrogens with one attached hydrogen (secondary N) is 1. The van der Waals surface area contributed by atoms with Crippen LogP contribution in [0, 0.1) is 0 Å². The Labute approximate surface area is 202 Å². The number of aliphatic hydroxyl groups is 8. The Morgan fingerprint density at radius 1 is 0.829 bits per heavy atom. The molecule has 2 rings (SSSR count). The van der Waals surface area contributed by atoms with Gasteiger partial charge < -0.3 is 70.9 Å². The highest BCUT2D eigenvalue weighted by atomic mass is 16.7. The number of hydrogen-bond acceptors (Lipinski definition) is 14. The zero-order valence-corrected chi connectivity index (χ0v) is 19.4. The van der Waals surface area contributed by atoms with Crippen molar-refractivity contribution in [1.82, 2.24) is 5.32 Å². The van der Waals surface area contributed by atoms with Crippen LogP contribution < -0.4 is 11.1 Å². The molecule has 0 spiro atoms. The Kier molecular flexibility index (Phi) is 14.3. The van der Waals surface area contributed by atoms with E-state index in [1.165, 1.54) is 0 Å². The zero-order chi connectivity index (χ0) is 26.7. The van der Waals surface area contributed by atoms with Crippen LogP contribution in [0.2, 0.25) is 0 Å². The molecule has 2 fully saturated rings. The van der Waals surface area contributed by atoms with Gasteiger partial charge in [-0.1, -0.05) is 6.58 Å². The number of rotatable bonds is 10. The Morgan fingerprint density at radius 2 is 1.26 bits per heavy atom. The highest BCUT2D eigenvalue weighted by molar-refractivity contribution is 5.92. The highest BCUT2D eigenvalue weighted by Crippen LogP contribution is 2.22. The lowest BCUT2D eigenvalue weighted by molar-refractivity contribution is -0.300. The van der Waals surface area contributed by atoms with Crippen molar-refractivity contribution >= 4 is 5.91 Å². The summed E-state index contributed by atoms with van der Waals surface area (Å²) in [6.07, 6.45) is -12.7. The number of carbonyl (C=O) groups is 1. The standard InChI is InChI=1S/C12H21NO7.C8H17NO6/c1-6(2)11(18)13-3-4-19-12-10(17)9(16)8(15)7(5-14)20-12;9-1-2-14-8-7(13)6(12)5(11)4(3-10)15-8/h7-10,12,14-17H,1,3-5H2,2H3,(H,13,18);4-8,10-13H,1-3,9H2/t7-,8-,9+,10+,12+;4-,5-,6+,7+,8+/m11/s1. The first-order valence-corrected chi connectivity index (χ1v) is 11.0. The van der Waals surface area contributed by atoms with Gasteiger partial charge in [-0.3, -0.25) is 4.79 Å². The second-order valence-electron chi connectivity index (χ2n) is 7.96. The Hall–Kier alpha value is -1.31. The molecule has 0 aliphatic carbocycles. The average molecular weight is 515 g/mol. The van der Waals surface area contributed by atoms with Crippen molar-refractivity contribution in [1.29, 1.82) is 0 Å². The third-order valence-corrected chi connectivity index (χ3v) is 5.15. The summed E-state index contributed by atoms with van der Waals surface area (Å²) in [5, 5.41) is 77.4. The van der Waals surface area contributed by atoms with Gasteiger partial charge in [0.25, 0.3) is 0 Å². The van der Waals surface area contributed by atoms with Crippen LogP contribution in [-0.4, -0.2) is 148 Å². The number of ether oxygens (including phenoxy) is 4. The third kappa shape index (κ3) is 9.25. The van der Waals surface area contributed by atoms with E-state index in [0.717, 1.165) is 0 Å². The second kappa shape index (κ2) is 15.7. The fourth-order valence-corrected chi connectivity index (χ4v) is 3.08. The first-order chi connectivity index (χ1) is 16.5. The molecule has 10 atom stereocenters. The Balaban J connectivity index is 0.000000365. The summed E-state index contributed by atoms with van der Waals surface area (Å²) in [5.41, 5.74) is 5.56. The van der Waals surface area contributed by atoms with E-state index in [2.05, 4.69) is 11.9 Å². The summed E-state index contributed by atoms with van der Waals surface area (Å²) in [7, 11) is 0. The van der Waals surface area contributed by atoms with E-state index < -0.39 is 74.6 Å². The van der Waals surface area contributed by atoms with Crippen molar-refractivity contribution in [3.05, 3.63) is 12.2 Å². The minimum absolute atomic E-state index is 0.0295. The molecule has 0 radical (unpaired) electrons. The molecule has 11 N–H and O–H groups in total. The van der Waals surface area contributed by atoms with Gasteiger partial charge in [-0.2, -0.15) is 0 Å². The molecule has 0 unspecified atom stereocenters. The van der Waals surface area contributed by atoms with Crippen LogP contribution in [-0.2, 0) is 23.7 Å². The van der Waals surface area contributed by atoms with Crippen LogP contribution in [0.3, 0.4) is 0 Å². The molecule has 15 heteroatoms. The maximum absolute atomic E-state index is 11.2. The fourth-order valence-electron chi connectivity index (χ4n) is 3.08. The smallest absolute Gasteiger partial charge is 0.246 e. The molecule has 35 heavy (non-hydrogen) atoms. The lowest BCUT2D eigenvalue weighted by atomic mass is 9.99. The predicted octanol–water partition coefficient (Wildman–Crippen LogP) is -5.74. The minimum atomic E-state index is -1.48. The highest BCUT2D eigenvalue weighted by Gasteiger charge is 2.44. The number of nitrogens with two attached hydrogens (primary N) is 1. The summed E-state index contributed by atoms with van der Waals surface area (Å²) in [5.74, 6) is -0.317. The largest absolute Gasteiger partial charge is 0.394 e. The fraction of sp³-hybridized carbons (Fsp3) is 0.850. The summed E-state index contributed by atoms with van der Waals surface area (Å²) >= 11 is 0. The Bertz CT molecular complexity index is 638. The van der Waals surface area contributed by atoms with Gasteiger partial charge in [-0.25, -0.2) is 0 Å². The second-order valence-corrected chi connectivity index (χ2v) is 7.96. The van der Waals surface area contributed by atoms with Crippen LogP contribution in [0.4, 0.5) is 0 Å². The lowest BCUT2D eigenvalue weighted by Crippen LogP contribution is -2.59. The number of hydrogen-bond donors (Lipinski definition) is 10. The van der Waals surface area contributed by atoms with E-state index in [1.54, 1.807) is 6.92 Å². The molecular weight excluding hydrogens is 476 g/mol. The van der Waals surface area contributed by atoms with Crippen molar-refractivity contribution in [2.45, 2.75) is 68.3 Å². The van der Waals surface area contributed by atoms with Gasteiger partial charge in [0, 0.05) is 18.7 Å². The van der Waals surface area contributed by atoms with Crippen LogP contribution in [0.15, 0.2) is 12.2 Å². The van der Waals surface area contributed by atoms with Crippen molar-refractivity contribution in [3.8, 4) is 0 Å². The van der Waals surface area contributed by atoms with E-state index >= 15 is 0 Å². The molecular formula is C20H38N2O13. The van der Waals surface area contributed by atoms with Crippen LogP contribution >= 0.6 is 0 Å². The molecule has 15 nitrogen and oxygen atoms in total. The molecule has 0 aromatic heterocycles. The molecule has 1 amide bonds. The minimum Gasteiger partial charge on any atom is -0.394 e. The van der Waals surface area contributed by atoms with Crippen molar-refractivity contribution < 1.29 is 64.6 Å². The zero-order valence-electron chi connectivity index (χ0n) is 19.4. The van der Waals surface area contributed by atoms with Crippen molar-refractivity contribution in [3.63, 3.8) is 0 Å². The van der Waals surface area contributed by atoms with Crippen LogP contribution in [0.5, 0.6) is 0 Å². The quantitative estimate of drug-likeness (QED) is 0.0963. The molecule has 2 saturated heterocycles. The van der Waals surface area contributed by atoms with Crippen LogP contribution in [0.1, 0.15) is 6.92 Å². The van der Waals surface area contributed by atoms with Crippen molar-refractivity contribution in [2.75, 3.05) is 39.5 Å². The number of carbonyl (C=O) groups excluding carboxylic acids is 1. The van der Waals surface area contributed by atoms with E-state index in [1.807, 2.05) is 0 Å². The van der Waals surface area contributed by atoms with E-state index in [9.17, 15) is 35.4 Å². The normalized spacial score (nSPS) is 37.2. The Morgan fingerprint density at radius 3 is 1.63 bits per heavy atom. The van der Waals surface area contributed by atoms with Gasteiger partial charge in [-0.05, 0) is 6.92 Å². The third-order valence-electron chi connectivity index (χ3n) is 5.15. The maximum Gasteiger partial charge on any atom is 0.246 e. The molecule has 0 saturated carbocycles. The van der Waals surface area contributed by atoms with Gasteiger partial charge in [0.05, 0.1) is 26.4 Å². The lowest BCUT2D eigenvalue weighted by Gasteiger charge is -2.39. The van der Waals surface area contributed by atoms with Gasteiger partial charge in [0.1, 0.15) is 48.8 Å². The average Bonchev–Trinajstić information content (AvgIpc) is 2.84. The van der Waals surface area contributed by atoms with E-state index in [0.29, 0.717) is 5.57 Å². The molecule has 2 aliphatic rings. The molecule has 0 bridgehead atoms. The first-order valence-electron chi connectivity index (χ1n) is 11.0. The summed E-state index contributed by atoms with van der Waals surface area (Å²) in [6.45, 7) is 4.65. The first kappa shape index (κ1) is 31.7. The molecule has 2 heterocycles. The molecule has 206 valence electrons. The maximum atomic E-state index is 11.2. The predicted molar refractivity (Wildman–Crippen MR) is 116 cm³/mol. The van der Waals surface area contributed by atoms with Gasteiger partial charge in [-0.15, -0.1) is 0 Å². The summed E-state index contributed by atoms with van der Waals surface area (Å²) in [6, 6.07) is 0. The number of amides is 1. The number of aliphatic hydroxyl groups excluding tert-OH is 8. The SMILES string of the molecule is C=C(C)C(=O)NCCO[C@H]1O[C@H](CO)[C@@H](O)[C@H](O)[C@@H]1O.NCCO[C@H]1O[C@H](CO)[C@@H](O)[C@H](O)[C@@H]1O. The van der Waals surface area contributed by atoms with Gasteiger partial charge in [0.15, 0.2) is 12.6 Å². The van der Waals surface area contributed by atoms with Gasteiger partial charge >= 0.3 is 0 Å². The van der Waals surface area contributed by atoms with Gasteiger partial charge in [0.2, 0.25) is 5.91 Å². The summed E-state index contributed by atoms with van der Waals surface area (Å²) < 4.78 is 20.4. The monoisotopic (exact) mass is 514 g/mol. The van der Waals surface area contributed by atoms with E-state index in [4.69, 9.17) is 34.9 Å². The van der Waals surface area contributed by atoms with E-state index in [-0.39, 0.29) is 32.2 Å². The van der Waals surface area contributed by atoms with Crippen molar-refractivity contribution in [2.24, 2.45) is 5.73 Å². The molecule has 2 aliphatic heterocycles.